The number of hydrogen-bond acceptors (Lipinski definition) is 2. The lowest BCUT2D eigenvalue weighted by Gasteiger charge is -2.30. The molecule has 2 heteroatoms. The van der Waals surface area contributed by atoms with Gasteiger partial charge in [-0.2, -0.15) is 0 Å². The predicted molar refractivity (Wildman–Crippen MR) is 64.9 cm³/mol. The summed E-state index contributed by atoms with van der Waals surface area (Å²) < 4.78 is 0. The molecule has 0 amide bonds. The Labute approximate surface area is 94.0 Å². The normalized spacial score (nSPS) is 25.3. The standard InChI is InChI=1S/C13H25NO/c1-3-5-10-14(11-6-4-2)12-8-7-9-13(12)15/h7-8,12-13,15H,3-6,9-11H2,1-2H3. The van der Waals surface area contributed by atoms with Gasteiger partial charge in [0, 0.05) is 0 Å². The average Bonchev–Trinajstić information content (AvgIpc) is 2.65. The van der Waals surface area contributed by atoms with Gasteiger partial charge in [-0.3, -0.25) is 4.90 Å². The van der Waals surface area contributed by atoms with E-state index in [1.165, 1.54) is 25.7 Å². The zero-order valence-corrected chi connectivity index (χ0v) is 10.2. The van der Waals surface area contributed by atoms with Crippen molar-refractivity contribution in [3.8, 4) is 0 Å². The lowest BCUT2D eigenvalue weighted by molar-refractivity contribution is 0.0826. The van der Waals surface area contributed by atoms with Crippen molar-refractivity contribution in [2.75, 3.05) is 13.1 Å². The quantitative estimate of drug-likeness (QED) is 0.654. The van der Waals surface area contributed by atoms with Crippen LogP contribution in [-0.4, -0.2) is 35.2 Å². The molecule has 0 saturated heterocycles. The molecule has 15 heavy (non-hydrogen) atoms. The lowest BCUT2D eigenvalue weighted by Crippen LogP contribution is -2.41. The summed E-state index contributed by atoms with van der Waals surface area (Å²) in [5.41, 5.74) is 0. The fourth-order valence-electron chi connectivity index (χ4n) is 2.12. The molecular weight excluding hydrogens is 186 g/mol. The Kier molecular flexibility index (Phi) is 5.96. The summed E-state index contributed by atoms with van der Waals surface area (Å²) >= 11 is 0. The maximum absolute atomic E-state index is 9.85. The van der Waals surface area contributed by atoms with Gasteiger partial charge in [-0.1, -0.05) is 38.8 Å². The number of unbranched alkanes of at least 4 members (excludes halogenated alkanes) is 2. The monoisotopic (exact) mass is 211 g/mol. The van der Waals surface area contributed by atoms with Crippen LogP contribution in [0.25, 0.3) is 0 Å². The summed E-state index contributed by atoms with van der Waals surface area (Å²) in [5.74, 6) is 0. The van der Waals surface area contributed by atoms with Crippen molar-refractivity contribution < 1.29 is 5.11 Å². The molecule has 2 unspecified atom stereocenters. The molecule has 0 heterocycles. The Morgan fingerprint density at radius 1 is 1.20 bits per heavy atom. The smallest absolute Gasteiger partial charge is 0.0765 e. The van der Waals surface area contributed by atoms with E-state index in [4.69, 9.17) is 0 Å². The summed E-state index contributed by atoms with van der Waals surface area (Å²) in [6.07, 6.45) is 9.89. The first-order valence-electron chi connectivity index (χ1n) is 6.38. The van der Waals surface area contributed by atoms with Crippen molar-refractivity contribution in [3.05, 3.63) is 12.2 Å². The molecule has 88 valence electrons. The van der Waals surface area contributed by atoms with Crippen molar-refractivity contribution >= 4 is 0 Å². The Balaban J connectivity index is 2.42. The predicted octanol–water partition coefficient (Wildman–Crippen LogP) is 2.58. The van der Waals surface area contributed by atoms with Gasteiger partial charge < -0.3 is 5.11 Å². The maximum Gasteiger partial charge on any atom is 0.0765 e. The van der Waals surface area contributed by atoms with E-state index in [0.29, 0.717) is 0 Å². The Morgan fingerprint density at radius 3 is 2.20 bits per heavy atom. The van der Waals surface area contributed by atoms with Crippen LogP contribution in [0, 0.1) is 0 Å². The van der Waals surface area contributed by atoms with Gasteiger partial charge in [0.15, 0.2) is 0 Å². The summed E-state index contributed by atoms with van der Waals surface area (Å²) in [6.45, 7) is 6.70. The van der Waals surface area contributed by atoms with Crippen LogP contribution in [0.4, 0.5) is 0 Å². The molecule has 0 fully saturated rings. The molecule has 1 aliphatic rings. The molecule has 0 bridgehead atoms. The van der Waals surface area contributed by atoms with Crippen molar-refractivity contribution in [1.29, 1.82) is 0 Å². The Hall–Kier alpha value is -0.340. The third kappa shape index (κ3) is 3.96. The third-order valence-electron chi connectivity index (χ3n) is 3.12. The number of hydrogen-bond donors (Lipinski definition) is 1. The number of rotatable bonds is 7. The average molecular weight is 211 g/mol. The zero-order valence-electron chi connectivity index (χ0n) is 10.2. The van der Waals surface area contributed by atoms with Crippen LogP contribution in [0.5, 0.6) is 0 Å². The second-order valence-electron chi connectivity index (χ2n) is 4.46. The summed E-state index contributed by atoms with van der Waals surface area (Å²) in [6, 6.07) is 0.281. The highest BCUT2D eigenvalue weighted by Gasteiger charge is 2.25. The molecule has 0 aromatic carbocycles. The van der Waals surface area contributed by atoms with Crippen molar-refractivity contribution in [1.82, 2.24) is 4.90 Å². The van der Waals surface area contributed by atoms with Gasteiger partial charge in [0.2, 0.25) is 0 Å². The Bertz CT molecular complexity index is 183. The summed E-state index contributed by atoms with van der Waals surface area (Å²) in [5, 5.41) is 9.85. The first-order valence-corrected chi connectivity index (χ1v) is 6.38. The fourth-order valence-corrected chi connectivity index (χ4v) is 2.12. The Morgan fingerprint density at radius 2 is 1.80 bits per heavy atom. The van der Waals surface area contributed by atoms with E-state index in [9.17, 15) is 5.11 Å². The minimum atomic E-state index is -0.168. The number of aliphatic hydroxyl groups is 1. The second-order valence-corrected chi connectivity index (χ2v) is 4.46. The highest BCUT2D eigenvalue weighted by atomic mass is 16.3. The first-order chi connectivity index (χ1) is 7.29. The molecule has 0 aromatic rings. The fraction of sp³-hybridized carbons (Fsp3) is 0.846. The van der Waals surface area contributed by atoms with Crippen molar-refractivity contribution in [2.45, 2.75) is 58.1 Å². The van der Waals surface area contributed by atoms with E-state index in [0.717, 1.165) is 19.5 Å². The van der Waals surface area contributed by atoms with Gasteiger partial charge in [-0.25, -0.2) is 0 Å². The van der Waals surface area contributed by atoms with E-state index in [1.807, 2.05) is 0 Å². The van der Waals surface area contributed by atoms with E-state index < -0.39 is 0 Å². The lowest BCUT2D eigenvalue weighted by atomic mass is 10.1. The van der Waals surface area contributed by atoms with Gasteiger partial charge in [-0.15, -0.1) is 0 Å². The molecule has 0 aromatic heterocycles. The van der Waals surface area contributed by atoms with Crippen LogP contribution in [0.2, 0.25) is 0 Å². The minimum absolute atomic E-state index is 0.168. The second kappa shape index (κ2) is 7.02. The largest absolute Gasteiger partial charge is 0.391 e. The molecule has 0 radical (unpaired) electrons. The minimum Gasteiger partial charge on any atom is -0.391 e. The van der Waals surface area contributed by atoms with Crippen LogP contribution in [0.15, 0.2) is 12.2 Å². The van der Waals surface area contributed by atoms with Crippen LogP contribution in [-0.2, 0) is 0 Å². The van der Waals surface area contributed by atoms with Gasteiger partial charge in [0.1, 0.15) is 0 Å². The molecule has 2 nitrogen and oxygen atoms in total. The van der Waals surface area contributed by atoms with Crippen molar-refractivity contribution in [3.63, 3.8) is 0 Å². The SMILES string of the molecule is CCCCN(CCCC)C1C=CCC1O. The highest BCUT2D eigenvalue weighted by molar-refractivity contribution is 5.07. The first kappa shape index (κ1) is 12.7. The van der Waals surface area contributed by atoms with E-state index in [2.05, 4.69) is 30.9 Å². The topological polar surface area (TPSA) is 23.5 Å². The maximum atomic E-state index is 9.85. The van der Waals surface area contributed by atoms with Gasteiger partial charge >= 0.3 is 0 Å². The van der Waals surface area contributed by atoms with Gasteiger partial charge in [0.25, 0.3) is 0 Å². The van der Waals surface area contributed by atoms with E-state index in [1.54, 1.807) is 0 Å². The molecule has 2 atom stereocenters. The summed E-state index contributed by atoms with van der Waals surface area (Å²) in [4.78, 5) is 2.45. The zero-order chi connectivity index (χ0) is 11.1. The van der Waals surface area contributed by atoms with Crippen LogP contribution >= 0.6 is 0 Å². The van der Waals surface area contributed by atoms with E-state index in [-0.39, 0.29) is 12.1 Å². The number of aliphatic hydroxyl groups excluding tert-OH is 1. The molecular formula is C13H25NO. The van der Waals surface area contributed by atoms with Crippen molar-refractivity contribution in [2.24, 2.45) is 0 Å². The van der Waals surface area contributed by atoms with Crippen LogP contribution in [0.3, 0.4) is 0 Å². The molecule has 1 rings (SSSR count). The molecule has 0 spiro atoms. The van der Waals surface area contributed by atoms with Crippen LogP contribution < -0.4 is 0 Å². The van der Waals surface area contributed by atoms with E-state index >= 15 is 0 Å². The van der Waals surface area contributed by atoms with Gasteiger partial charge in [-0.05, 0) is 32.4 Å². The molecule has 1 N–H and O–H groups in total. The van der Waals surface area contributed by atoms with Gasteiger partial charge in [0.05, 0.1) is 12.1 Å². The molecule has 1 aliphatic carbocycles. The molecule has 0 aliphatic heterocycles. The number of nitrogens with zero attached hydrogens (tertiary/aromatic N) is 1. The summed E-state index contributed by atoms with van der Waals surface area (Å²) in [7, 11) is 0. The highest BCUT2D eigenvalue weighted by Crippen LogP contribution is 2.18. The van der Waals surface area contributed by atoms with Crippen LogP contribution in [0.1, 0.15) is 46.0 Å². The third-order valence-corrected chi connectivity index (χ3v) is 3.12. The molecule has 0 saturated carbocycles.